The van der Waals surface area contributed by atoms with Crippen molar-refractivity contribution in [2.45, 2.75) is 6.36 Å². The zero-order valence-corrected chi connectivity index (χ0v) is 16.5. The number of aromatic hydroxyl groups is 1. The van der Waals surface area contributed by atoms with Crippen molar-refractivity contribution < 1.29 is 36.2 Å². The predicted octanol–water partition coefficient (Wildman–Crippen LogP) is 3.10. The molecule has 0 fully saturated rings. The smallest absolute Gasteiger partial charge is 0.506 e. The first-order chi connectivity index (χ1) is 14.4. The number of hydrogen-bond donors (Lipinski definition) is 3. The lowest BCUT2D eigenvalue weighted by molar-refractivity contribution is -0.274. The molecule has 1 heterocycles. The average Bonchev–Trinajstić information content (AvgIpc) is 3.12. The van der Waals surface area contributed by atoms with Gasteiger partial charge in [-0.1, -0.05) is 6.07 Å². The Labute approximate surface area is 174 Å². The first-order valence-electron chi connectivity index (χ1n) is 8.43. The maximum atomic E-state index is 12.5. The number of sulfonamides is 1. The van der Waals surface area contributed by atoms with Crippen LogP contribution in [0.25, 0.3) is 5.69 Å². The van der Waals surface area contributed by atoms with Gasteiger partial charge < -0.3 is 15.2 Å². The maximum absolute atomic E-state index is 12.5. The van der Waals surface area contributed by atoms with E-state index in [1.165, 1.54) is 47.4 Å². The van der Waals surface area contributed by atoms with E-state index in [1.807, 2.05) is 0 Å². The fourth-order valence-electron chi connectivity index (χ4n) is 2.50. The normalized spacial score (nSPS) is 11.7. The fourth-order valence-corrected chi connectivity index (χ4v) is 3.07. The van der Waals surface area contributed by atoms with Gasteiger partial charge in [-0.05, 0) is 30.3 Å². The monoisotopic (exact) mass is 456 g/mol. The minimum absolute atomic E-state index is 0.0767. The van der Waals surface area contributed by atoms with Gasteiger partial charge in [-0.3, -0.25) is 9.52 Å². The molecule has 3 rings (SSSR count). The molecule has 1 aromatic heterocycles. The van der Waals surface area contributed by atoms with Crippen LogP contribution in [0.5, 0.6) is 11.5 Å². The molecule has 0 unspecified atom stereocenters. The van der Waals surface area contributed by atoms with Crippen LogP contribution in [0.3, 0.4) is 0 Å². The summed E-state index contributed by atoms with van der Waals surface area (Å²) < 4.78 is 67.0. The third kappa shape index (κ3) is 6.12. The Morgan fingerprint density at radius 3 is 2.61 bits per heavy atom. The Morgan fingerprint density at radius 1 is 1.19 bits per heavy atom. The summed E-state index contributed by atoms with van der Waals surface area (Å²) in [5, 5.41) is 16.2. The number of aromatic nitrogens is 2. The van der Waals surface area contributed by atoms with E-state index in [9.17, 15) is 31.5 Å². The van der Waals surface area contributed by atoms with Crippen molar-refractivity contribution in [3.05, 3.63) is 60.4 Å². The number of carbonyl (C=O) groups is 1. The van der Waals surface area contributed by atoms with E-state index in [4.69, 9.17) is 0 Å². The minimum atomic E-state index is -4.84. The summed E-state index contributed by atoms with van der Waals surface area (Å²) in [7, 11) is -3.66. The summed E-state index contributed by atoms with van der Waals surface area (Å²) >= 11 is 0. The standard InChI is InChI=1S/C18H15F3N4O5S/c1-31(28,29)24-15-7-12(5-6-16(15)26)23-17(27)11-9-22-25(10-11)13-3-2-4-14(8-13)30-18(19,20)21/h2-10,24,26H,1H3,(H,23,27). The second kappa shape index (κ2) is 8.18. The van der Waals surface area contributed by atoms with Gasteiger partial charge in [-0.2, -0.15) is 5.10 Å². The summed E-state index contributed by atoms with van der Waals surface area (Å²) in [5.74, 6) is -1.40. The number of halogens is 3. The zero-order valence-electron chi connectivity index (χ0n) is 15.7. The molecule has 9 nitrogen and oxygen atoms in total. The van der Waals surface area contributed by atoms with Crippen molar-refractivity contribution >= 4 is 27.3 Å². The number of hydrogen-bond acceptors (Lipinski definition) is 6. The molecule has 2 aromatic carbocycles. The lowest BCUT2D eigenvalue weighted by Gasteiger charge is -2.10. The number of phenolic OH excluding ortho intramolecular Hbond substituents is 1. The maximum Gasteiger partial charge on any atom is 0.573 e. The Balaban J connectivity index is 1.77. The van der Waals surface area contributed by atoms with Gasteiger partial charge in [0, 0.05) is 18.0 Å². The molecular formula is C18H15F3N4O5S. The van der Waals surface area contributed by atoms with Crippen LogP contribution in [-0.4, -0.2) is 41.8 Å². The fraction of sp³-hybridized carbons (Fsp3) is 0.111. The quantitative estimate of drug-likeness (QED) is 0.387. The Kier molecular flexibility index (Phi) is 5.79. The van der Waals surface area contributed by atoms with E-state index in [-0.39, 0.29) is 28.4 Å². The number of amides is 1. The van der Waals surface area contributed by atoms with Crippen LogP contribution >= 0.6 is 0 Å². The van der Waals surface area contributed by atoms with Crippen LogP contribution in [0, 0.1) is 0 Å². The van der Waals surface area contributed by atoms with Gasteiger partial charge in [0.25, 0.3) is 5.91 Å². The Hall–Kier alpha value is -3.74. The molecule has 31 heavy (non-hydrogen) atoms. The van der Waals surface area contributed by atoms with E-state index in [2.05, 4.69) is 19.9 Å². The second-order valence-corrected chi connectivity index (χ2v) is 8.03. The van der Waals surface area contributed by atoms with Crippen LogP contribution < -0.4 is 14.8 Å². The molecule has 0 radical (unpaired) electrons. The first kappa shape index (κ1) is 22.0. The molecule has 0 aliphatic heterocycles. The highest BCUT2D eigenvalue weighted by atomic mass is 32.2. The van der Waals surface area contributed by atoms with Crippen LogP contribution in [0.2, 0.25) is 0 Å². The van der Waals surface area contributed by atoms with Crippen molar-refractivity contribution in [2.75, 3.05) is 16.3 Å². The van der Waals surface area contributed by atoms with Crippen molar-refractivity contribution in [2.24, 2.45) is 0 Å². The van der Waals surface area contributed by atoms with E-state index in [0.29, 0.717) is 0 Å². The molecule has 0 saturated carbocycles. The summed E-state index contributed by atoms with van der Waals surface area (Å²) in [6, 6.07) is 8.80. The second-order valence-electron chi connectivity index (χ2n) is 6.28. The third-order valence-corrected chi connectivity index (χ3v) is 4.30. The third-order valence-electron chi connectivity index (χ3n) is 3.71. The number of anilines is 2. The van der Waals surface area contributed by atoms with Gasteiger partial charge in [-0.15, -0.1) is 13.2 Å². The van der Waals surface area contributed by atoms with Gasteiger partial charge in [-0.25, -0.2) is 13.1 Å². The highest BCUT2D eigenvalue weighted by molar-refractivity contribution is 7.92. The van der Waals surface area contributed by atoms with E-state index in [0.717, 1.165) is 18.4 Å². The molecular weight excluding hydrogens is 441 g/mol. The number of carbonyl (C=O) groups excluding carboxylic acids is 1. The molecule has 1 amide bonds. The highest BCUT2D eigenvalue weighted by Gasteiger charge is 2.31. The van der Waals surface area contributed by atoms with Crippen LogP contribution in [-0.2, 0) is 10.0 Å². The Bertz CT molecular complexity index is 1220. The molecule has 3 N–H and O–H groups in total. The molecule has 0 aliphatic carbocycles. The Morgan fingerprint density at radius 2 is 1.94 bits per heavy atom. The number of phenols is 1. The number of rotatable bonds is 6. The predicted molar refractivity (Wildman–Crippen MR) is 105 cm³/mol. The minimum Gasteiger partial charge on any atom is -0.506 e. The van der Waals surface area contributed by atoms with E-state index >= 15 is 0 Å². The van der Waals surface area contributed by atoms with Crippen LogP contribution in [0.15, 0.2) is 54.9 Å². The van der Waals surface area contributed by atoms with Gasteiger partial charge >= 0.3 is 6.36 Å². The van der Waals surface area contributed by atoms with Crippen LogP contribution in [0.4, 0.5) is 24.5 Å². The largest absolute Gasteiger partial charge is 0.573 e. The van der Waals surface area contributed by atoms with Gasteiger partial charge in [0.1, 0.15) is 11.5 Å². The number of ether oxygens (including phenoxy) is 1. The summed E-state index contributed by atoms with van der Waals surface area (Å²) in [6.07, 6.45) is -1.45. The van der Waals surface area contributed by atoms with Gasteiger partial charge in [0.2, 0.25) is 10.0 Å². The molecule has 164 valence electrons. The van der Waals surface area contributed by atoms with Gasteiger partial charge in [0.15, 0.2) is 0 Å². The lowest BCUT2D eigenvalue weighted by Crippen LogP contribution is -2.17. The van der Waals surface area contributed by atoms with Crippen molar-refractivity contribution in [1.29, 1.82) is 0 Å². The summed E-state index contributed by atoms with van der Waals surface area (Å²) in [4.78, 5) is 12.5. The molecule has 13 heteroatoms. The first-order valence-corrected chi connectivity index (χ1v) is 10.3. The van der Waals surface area contributed by atoms with Crippen molar-refractivity contribution in [1.82, 2.24) is 9.78 Å². The van der Waals surface area contributed by atoms with Gasteiger partial charge in [0.05, 0.1) is 29.4 Å². The molecule has 0 atom stereocenters. The lowest BCUT2D eigenvalue weighted by atomic mass is 10.2. The molecule has 0 saturated heterocycles. The molecule has 3 aromatic rings. The average molecular weight is 456 g/mol. The summed E-state index contributed by atoms with van der Waals surface area (Å²) in [6.45, 7) is 0. The molecule has 0 bridgehead atoms. The van der Waals surface area contributed by atoms with E-state index in [1.54, 1.807) is 0 Å². The van der Waals surface area contributed by atoms with Crippen molar-refractivity contribution in [3.8, 4) is 17.2 Å². The number of alkyl halides is 3. The number of nitrogens with zero attached hydrogens (tertiary/aromatic N) is 2. The number of benzene rings is 2. The van der Waals surface area contributed by atoms with E-state index < -0.39 is 28.0 Å². The van der Waals surface area contributed by atoms with Crippen LogP contribution in [0.1, 0.15) is 10.4 Å². The molecule has 0 aliphatic rings. The topological polar surface area (TPSA) is 123 Å². The highest BCUT2D eigenvalue weighted by Crippen LogP contribution is 2.28. The molecule has 0 spiro atoms. The summed E-state index contributed by atoms with van der Waals surface area (Å²) in [5.41, 5.74) is 0.359. The SMILES string of the molecule is CS(=O)(=O)Nc1cc(NC(=O)c2cnn(-c3cccc(OC(F)(F)F)c3)c2)ccc1O. The zero-order chi connectivity index (χ0) is 22.8. The van der Waals surface area contributed by atoms with Crippen molar-refractivity contribution in [3.63, 3.8) is 0 Å². The number of nitrogens with one attached hydrogen (secondary N) is 2.